The van der Waals surface area contributed by atoms with E-state index in [0.29, 0.717) is 6.04 Å². The molecule has 2 atom stereocenters. The maximum Gasteiger partial charge on any atom is 0.0596 e. The molecule has 1 aromatic heterocycles. The summed E-state index contributed by atoms with van der Waals surface area (Å²) in [5.41, 5.74) is 7.77. The first-order valence-corrected chi connectivity index (χ1v) is 8.38. The van der Waals surface area contributed by atoms with Gasteiger partial charge in [-0.3, -0.25) is 4.90 Å². The number of rotatable bonds is 4. The Morgan fingerprint density at radius 1 is 1.41 bits per heavy atom. The highest BCUT2D eigenvalue weighted by atomic mass is 32.2. The van der Waals surface area contributed by atoms with Gasteiger partial charge < -0.3 is 5.73 Å². The minimum atomic E-state index is 0.260. The van der Waals surface area contributed by atoms with Gasteiger partial charge in [0.25, 0.3) is 0 Å². The van der Waals surface area contributed by atoms with Crippen LogP contribution in [0.3, 0.4) is 0 Å². The summed E-state index contributed by atoms with van der Waals surface area (Å²) in [6, 6.07) is 2.91. The third kappa shape index (κ3) is 3.05. The van der Waals surface area contributed by atoms with Gasteiger partial charge in [0.2, 0.25) is 0 Å². The number of nitrogens with zero attached hydrogens (tertiary/aromatic N) is 1. The summed E-state index contributed by atoms with van der Waals surface area (Å²) in [6.45, 7) is 6.76. The van der Waals surface area contributed by atoms with Crippen LogP contribution in [-0.2, 0) is 0 Å². The number of hydrogen-bond donors (Lipinski definition) is 1. The van der Waals surface area contributed by atoms with E-state index in [2.05, 4.69) is 42.0 Å². The summed E-state index contributed by atoms with van der Waals surface area (Å²) in [5.74, 6) is 2.49. The zero-order chi connectivity index (χ0) is 12.3. The SMILES string of the molecule is CCC(N)C(c1sccc1C)N1CCSCC1. The second kappa shape index (κ2) is 6.23. The number of hydrogen-bond acceptors (Lipinski definition) is 4. The Morgan fingerprint density at radius 2 is 2.12 bits per heavy atom. The van der Waals surface area contributed by atoms with Gasteiger partial charge in [0.1, 0.15) is 0 Å². The van der Waals surface area contributed by atoms with Crippen molar-refractivity contribution in [1.29, 1.82) is 0 Å². The van der Waals surface area contributed by atoms with Crippen molar-refractivity contribution in [2.45, 2.75) is 32.4 Å². The molecule has 0 spiro atoms. The molecule has 1 aliphatic rings. The summed E-state index contributed by atoms with van der Waals surface area (Å²) in [4.78, 5) is 4.06. The fourth-order valence-electron chi connectivity index (χ4n) is 2.40. The largest absolute Gasteiger partial charge is 0.326 e. The molecule has 1 saturated heterocycles. The van der Waals surface area contributed by atoms with E-state index in [4.69, 9.17) is 5.73 Å². The quantitative estimate of drug-likeness (QED) is 0.912. The van der Waals surface area contributed by atoms with Gasteiger partial charge in [0, 0.05) is 35.5 Å². The number of nitrogens with two attached hydrogens (primary N) is 1. The van der Waals surface area contributed by atoms with Gasteiger partial charge in [0.15, 0.2) is 0 Å². The van der Waals surface area contributed by atoms with Crippen LogP contribution in [-0.4, -0.2) is 35.5 Å². The normalized spacial score (nSPS) is 21.4. The Morgan fingerprint density at radius 3 is 2.65 bits per heavy atom. The molecule has 1 fully saturated rings. The smallest absolute Gasteiger partial charge is 0.0596 e. The molecule has 2 unspecified atom stereocenters. The van der Waals surface area contributed by atoms with E-state index in [-0.39, 0.29) is 6.04 Å². The van der Waals surface area contributed by atoms with Crippen molar-refractivity contribution in [3.63, 3.8) is 0 Å². The predicted molar refractivity (Wildman–Crippen MR) is 79.0 cm³/mol. The zero-order valence-corrected chi connectivity index (χ0v) is 12.3. The number of thioether (sulfide) groups is 1. The van der Waals surface area contributed by atoms with Crippen molar-refractivity contribution < 1.29 is 0 Å². The Hall–Kier alpha value is -0.0300. The van der Waals surface area contributed by atoms with Gasteiger partial charge >= 0.3 is 0 Å². The lowest BCUT2D eigenvalue weighted by Gasteiger charge is -2.37. The van der Waals surface area contributed by atoms with Crippen LogP contribution in [0.15, 0.2) is 11.4 Å². The van der Waals surface area contributed by atoms with Crippen LogP contribution >= 0.6 is 23.1 Å². The van der Waals surface area contributed by atoms with Crippen molar-refractivity contribution in [1.82, 2.24) is 4.90 Å². The standard InChI is InChI=1S/C13H22N2S2/c1-3-11(14)12(13-10(2)4-7-17-13)15-5-8-16-9-6-15/h4,7,11-12H,3,5-6,8-9,14H2,1-2H3. The van der Waals surface area contributed by atoms with Crippen molar-refractivity contribution >= 4 is 23.1 Å². The topological polar surface area (TPSA) is 29.3 Å². The van der Waals surface area contributed by atoms with Crippen LogP contribution in [0, 0.1) is 6.92 Å². The molecule has 1 aromatic rings. The molecule has 0 amide bonds. The molecule has 96 valence electrons. The van der Waals surface area contributed by atoms with Crippen molar-refractivity contribution in [2.24, 2.45) is 5.73 Å². The molecule has 0 radical (unpaired) electrons. The average Bonchev–Trinajstić information content (AvgIpc) is 2.77. The lowest BCUT2D eigenvalue weighted by atomic mass is 10.0. The van der Waals surface area contributed by atoms with Crippen LogP contribution in [0.1, 0.15) is 29.8 Å². The van der Waals surface area contributed by atoms with E-state index >= 15 is 0 Å². The average molecular weight is 270 g/mol. The van der Waals surface area contributed by atoms with Crippen LogP contribution in [0.5, 0.6) is 0 Å². The van der Waals surface area contributed by atoms with E-state index in [1.54, 1.807) is 0 Å². The van der Waals surface area contributed by atoms with Crippen LogP contribution in [0.2, 0.25) is 0 Å². The molecule has 2 nitrogen and oxygen atoms in total. The minimum Gasteiger partial charge on any atom is -0.326 e. The maximum atomic E-state index is 6.37. The highest BCUT2D eigenvalue weighted by Crippen LogP contribution is 2.33. The summed E-state index contributed by atoms with van der Waals surface area (Å²) in [7, 11) is 0. The minimum absolute atomic E-state index is 0.260. The molecule has 0 bridgehead atoms. The first kappa shape index (κ1) is 13.4. The van der Waals surface area contributed by atoms with Gasteiger partial charge in [-0.05, 0) is 30.4 Å². The fourth-order valence-corrected chi connectivity index (χ4v) is 4.46. The second-order valence-electron chi connectivity index (χ2n) is 4.63. The third-order valence-corrected chi connectivity index (χ3v) is 5.52. The van der Waals surface area contributed by atoms with Crippen molar-refractivity contribution in [3.05, 3.63) is 21.9 Å². The summed E-state index contributed by atoms with van der Waals surface area (Å²) in [5, 5.41) is 2.19. The van der Waals surface area contributed by atoms with E-state index in [0.717, 1.165) is 6.42 Å². The van der Waals surface area contributed by atoms with Crippen molar-refractivity contribution in [2.75, 3.05) is 24.6 Å². The maximum absolute atomic E-state index is 6.37. The molecule has 2 heterocycles. The Bertz CT molecular complexity index is 345. The molecule has 2 N–H and O–H groups in total. The van der Waals surface area contributed by atoms with Gasteiger partial charge in [-0.1, -0.05) is 6.92 Å². The first-order chi connectivity index (χ1) is 8.24. The number of thiophene rings is 1. The lowest BCUT2D eigenvalue weighted by Crippen LogP contribution is -2.44. The molecule has 0 aliphatic carbocycles. The Balaban J connectivity index is 2.21. The summed E-state index contributed by atoms with van der Waals surface area (Å²) < 4.78 is 0. The van der Waals surface area contributed by atoms with E-state index in [1.165, 1.54) is 35.0 Å². The molecule has 1 aliphatic heterocycles. The lowest BCUT2D eigenvalue weighted by molar-refractivity contribution is 0.189. The first-order valence-electron chi connectivity index (χ1n) is 6.35. The van der Waals surface area contributed by atoms with Gasteiger partial charge in [-0.15, -0.1) is 11.3 Å². The van der Waals surface area contributed by atoms with Crippen LogP contribution in [0.4, 0.5) is 0 Å². The van der Waals surface area contributed by atoms with Gasteiger partial charge in [0.05, 0.1) is 6.04 Å². The Kier molecular flexibility index (Phi) is 4.91. The monoisotopic (exact) mass is 270 g/mol. The molecule has 0 aromatic carbocycles. The summed E-state index contributed by atoms with van der Waals surface area (Å²) >= 11 is 3.92. The molecule has 0 saturated carbocycles. The highest BCUT2D eigenvalue weighted by Gasteiger charge is 2.28. The van der Waals surface area contributed by atoms with E-state index in [1.807, 2.05) is 11.3 Å². The third-order valence-electron chi connectivity index (χ3n) is 3.49. The van der Waals surface area contributed by atoms with Gasteiger partial charge in [-0.25, -0.2) is 0 Å². The fraction of sp³-hybridized carbons (Fsp3) is 0.692. The molecule has 17 heavy (non-hydrogen) atoms. The van der Waals surface area contributed by atoms with Crippen molar-refractivity contribution in [3.8, 4) is 0 Å². The van der Waals surface area contributed by atoms with E-state index < -0.39 is 0 Å². The van der Waals surface area contributed by atoms with Crippen LogP contribution < -0.4 is 5.73 Å². The predicted octanol–water partition coefficient (Wildman–Crippen LogP) is 2.88. The van der Waals surface area contributed by atoms with Crippen LogP contribution in [0.25, 0.3) is 0 Å². The van der Waals surface area contributed by atoms with Gasteiger partial charge in [-0.2, -0.15) is 11.8 Å². The molecular weight excluding hydrogens is 248 g/mol. The van der Waals surface area contributed by atoms with E-state index in [9.17, 15) is 0 Å². The molecule has 2 rings (SSSR count). The molecule has 4 heteroatoms. The Labute approximate surface area is 113 Å². The highest BCUT2D eigenvalue weighted by molar-refractivity contribution is 7.99. The second-order valence-corrected chi connectivity index (χ2v) is 6.81. The number of aryl methyl sites for hydroxylation is 1. The zero-order valence-electron chi connectivity index (χ0n) is 10.7. The summed E-state index contributed by atoms with van der Waals surface area (Å²) in [6.07, 6.45) is 1.05. The molecular formula is C13H22N2S2.